The second-order valence-corrected chi connectivity index (χ2v) is 9.85. The van der Waals surface area contributed by atoms with Crippen molar-refractivity contribution in [1.29, 1.82) is 0 Å². The molecule has 0 heterocycles. The van der Waals surface area contributed by atoms with E-state index >= 15 is 0 Å². The molecule has 9 heteroatoms. The van der Waals surface area contributed by atoms with E-state index in [9.17, 15) is 36.2 Å². The minimum absolute atomic E-state index is 0.0866. The molecule has 5 unspecified atom stereocenters. The molecule has 30 heavy (non-hydrogen) atoms. The third-order valence-electron chi connectivity index (χ3n) is 7.10. The molecule has 0 aromatic heterocycles. The summed E-state index contributed by atoms with van der Waals surface area (Å²) in [7, 11) is 0. The van der Waals surface area contributed by atoms with Gasteiger partial charge in [-0.25, -0.2) is 0 Å². The summed E-state index contributed by atoms with van der Waals surface area (Å²) in [5.41, 5.74) is -5.94. The quantitative estimate of drug-likeness (QED) is 0.365. The molecule has 0 spiro atoms. The molecule has 2 fully saturated rings. The summed E-state index contributed by atoms with van der Waals surface area (Å²) < 4.78 is 85.4. The maximum atomic E-state index is 13.3. The zero-order valence-electron chi connectivity index (χ0n) is 17.9. The van der Waals surface area contributed by atoms with Crippen LogP contribution >= 0.6 is 0 Å². The standard InChI is InChI=1S/C21H32F6O3/c1-5-18(4,10-12(2)3)17(28)30-16(15-9-13-6-7-14(15)8-13)11-19(29,20(22,23)24)21(25,26)27/h12-16,29H,5-11H2,1-4H3. The van der Waals surface area contributed by atoms with E-state index in [1.54, 1.807) is 13.8 Å². The van der Waals surface area contributed by atoms with E-state index in [2.05, 4.69) is 0 Å². The van der Waals surface area contributed by atoms with Crippen LogP contribution in [0.1, 0.15) is 72.6 Å². The minimum Gasteiger partial charge on any atom is -0.462 e. The van der Waals surface area contributed by atoms with Gasteiger partial charge in [0, 0.05) is 6.42 Å². The normalized spacial score (nSPS) is 27.9. The zero-order chi connectivity index (χ0) is 23.1. The average Bonchev–Trinajstić information content (AvgIpc) is 3.21. The average molecular weight is 446 g/mol. The van der Waals surface area contributed by atoms with Gasteiger partial charge < -0.3 is 9.84 Å². The van der Waals surface area contributed by atoms with E-state index in [1.807, 2.05) is 13.8 Å². The van der Waals surface area contributed by atoms with E-state index in [4.69, 9.17) is 4.74 Å². The predicted molar refractivity (Wildman–Crippen MR) is 98.3 cm³/mol. The summed E-state index contributed by atoms with van der Waals surface area (Å²) >= 11 is 0. The van der Waals surface area contributed by atoms with Gasteiger partial charge in [0.05, 0.1) is 5.41 Å². The first-order chi connectivity index (χ1) is 13.5. The Bertz CT molecular complexity index is 601. The van der Waals surface area contributed by atoms with Crippen molar-refractivity contribution in [2.24, 2.45) is 29.1 Å². The molecular formula is C21H32F6O3. The van der Waals surface area contributed by atoms with Gasteiger partial charge >= 0.3 is 18.3 Å². The maximum Gasteiger partial charge on any atom is 0.426 e. The van der Waals surface area contributed by atoms with Crippen LogP contribution in [-0.4, -0.2) is 35.1 Å². The van der Waals surface area contributed by atoms with Crippen LogP contribution in [-0.2, 0) is 9.53 Å². The van der Waals surface area contributed by atoms with Crippen molar-refractivity contribution in [3.05, 3.63) is 0 Å². The molecular weight excluding hydrogens is 414 g/mol. The van der Waals surface area contributed by atoms with Crippen LogP contribution in [0.25, 0.3) is 0 Å². The third-order valence-corrected chi connectivity index (χ3v) is 7.10. The third kappa shape index (κ3) is 4.91. The van der Waals surface area contributed by atoms with Crippen LogP contribution in [0.3, 0.4) is 0 Å². The van der Waals surface area contributed by atoms with Crippen molar-refractivity contribution in [1.82, 2.24) is 0 Å². The molecule has 176 valence electrons. The van der Waals surface area contributed by atoms with Crippen molar-refractivity contribution in [3.63, 3.8) is 0 Å². The van der Waals surface area contributed by atoms with Crippen molar-refractivity contribution in [3.8, 4) is 0 Å². The zero-order valence-corrected chi connectivity index (χ0v) is 17.9. The van der Waals surface area contributed by atoms with Crippen LogP contribution in [0.15, 0.2) is 0 Å². The molecule has 3 nitrogen and oxygen atoms in total. The highest BCUT2D eigenvalue weighted by atomic mass is 19.4. The molecule has 0 saturated heterocycles. The fraction of sp³-hybridized carbons (Fsp3) is 0.952. The van der Waals surface area contributed by atoms with E-state index in [0.29, 0.717) is 32.1 Å². The van der Waals surface area contributed by atoms with Gasteiger partial charge in [-0.2, -0.15) is 26.3 Å². The van der Waals surface area contributed by atoms with Gasteiger partial charge in [0.25, 0.3) is 5.60 Å². The molecule has 5 atom stereocenters. The summed E-state index contributed by atoms with van der Waals surface area (Å²) in [6.07, 6.45) is -11.8. The van der Waals surface area contributed by atoms with Crippen molar-refractivity contribution >= 4 is 5.97 Å². The number of halogens is 6. The monoisotopic (exact) mass is 446 g/mol. The Kier molecular flexibility index (Phi) is 7.17. The Morgan fingerprint density at radius 1 is 1.03 bits per heavy atom. The lowest BCUT2D eigenvalue weighted by Gasteiger charge is -2.40. The van der Waals surface area contributed by atoms with Gasteiger partial charge in [-0.3, -0.25) is 4.79 Å². The minimum atomic E-state index is -5.93. The molecule has 2 bridgehead atoms. The first kappa shape index (κ1) is 25.3. The number of hydrogen-bond acceptors (Lipinski definition) is 3. The summed E-state index contributed by atoms with van der Waals surface area (Å²) in [4.78, 5) is 12.9. The lowest BCUT2D eigenvalue weighted by molar-refractivity contribution is -0.375. The molecule has 2 aliphatic carbocycles. The topological polar surface area (TPSA) is 46.5 Å². The van der Waals surface area contributed by atoms with Crippen molar-refractivity contribution in [2.75, 3.05) is 0 Å². The van der Waals surface area contributed by atoms with Gasteiger partial charge in [0.1, 0.15) is 6.10 Å². The van der Waals surface area contributed by atoms with E-state index in [1.165, 1.54) is 0 Å². The number of carbonyl (C=O) groups is 1. The number of hydrogen-bond donors (Lipinski definition) is 1. The molecule has 0 radical (unpaired) electrons. The maximum absolute atomic E-state index is 13.3. The number of alkyl halides is 6. The SMILES string of the molecule is CCC(C)(CC(C)C)C(=O)OC(CC(O)(C(F)(F)F)C(F)(F)F)C1CC2CCC1C2. The molecule has 0 aliphatic heterocycles. The van der Waals surface area contributed by atoms with E-state index in [-0.39, 0.29) is 17.8 Å². The van der Waals surface area contributed by atoms with Gasteiger partial charge in [0.15, 0.2) is 0 Å². The summed E-state index contributed by atoms with van der Waals surface area (Å²) in [5, 5.41) is 9.76. The van der Waals surface area contributed by atoms with Crippen molar-refractivity contribution < 1.29 is 41.0 Å². The van der Waals surface area contributed by atoms with E-state index in [0.717, 1.165) is 6.42 Å². The number of esters is 1. The fourth-order valence-corrected chi connectivity index (χ4v) is 5.27. The largest absolute Gasteiger partial charge is 0.462 e. The Morgan fingerprint density at radius 2 is 1.60 bits per heavy atom. The molecule has 0 amide bonds. The first-order valence-electron chi connectivity index (χ1n) is 10.6. The molecule has 1 N–H and O–H groups in total. The van der Waals surface area contributed by atoms with Crippen molar-refractivity contribution in [2.45, 2.75) is 96.7 Å². The summed E-state index contributed by atoms with van der Waals surface area (Å²) in [6, 6.07) is 0. The summed E-state index contributed by atoms with van der Waals surface area (Å²) in [5.74, 6) is -1.18. The van der Waals surface area contributed by atoms with Gasteiger partial charge in [0.2, 0.25) is 0 Å². The van der Waals surface area contributed by atoms with Gasteiger partial charge in [-0.05, 0) is 62.7 Å². The number of fused-ring (bicyclic) bond motifs is 2. The molecule has 2 saturated carbocycles. The predicted octanol–water partition coefficient (Wildman–Crippen LogP) is 6.04. The van der Waals surface area contributed by atoms with Gasteiger partial charge in [-0.1, -0.05) is 27.2 Å². The van der Waals surface area contributed by atoms with Crippen LogP contribution in [0, 0.1) is 29.1 Å². The van der Waals surface area contributed by atoms with Crippen LogP contribution in [0.4, 0.5) is 26.3 Å². The highest BCUT2D eigenvalue weighted by Gasteiger charge is 2.71. The fourth-order valence-electron chi connectivity index (χ4n) is 5.27. The van der Waals surface area contributed by atoms with E-state index < -0.39 is 47.8 Å². The number of rotatable bonds is 8. The lowest BCUT2D eigenvalue weighted by Crippen LogP contribution is -2.59. The molecule has 0 aromatic rings. The number of ether oxygens (including phenoxy) is 1. The molecule has 0 aromatic carbocycles. The van der Waals surface area contributed by atoms with Gasteiger partial charge in [-0.15, -0.1) is 0 Å². The number of carbonyl (C=O) groups excluding carboxylic acids is 1. The Balaban J connectivity index is 2.35. The summed E-state index contributed by atoms with van der Waals surface area (Å²) in [6.45, 7) is 7.10. The smallest absolute Gasteiger partial charge is 0.426 e. The second-order valence-electron chi connectivity index (χ2n) is 9.85. The Morgan fingerprint density at radius 3 is 1.97 bits per heavy atom. The Hall–Kier alpha value is -0.990. The Labute approximate surface area is 173 Å². The van der Waals surface area contributed by atoms with Crippen LogP contribution < -0.4 is 0 Å². The number of aliphatic hydroxyl groups is 1. The first-order valence-corrected chi connectivity index (χ1v) is 10.6. The lowest BCUT2D eigenvalue weighted by atomic mass is 9.78. The van der Waals surface area contributed by atoms with Crippen LogP contribution in [0.2, 0.25) is 0 Å². The van der Waals surface area contributed by atoms with Crippen LogP contribution in [0.5, 0.6) is 0 Å². The molecule has 2 rings (SSSR count). The highest BCUT2D eigenvalue weighted by Crippen LogP contribution is 2.54. The molecule has 2 aliphatic rings. The highest BCUT2D eigenvalue weighted by molar-refractivity contribution is 5.76. The second kappa shape index (κ2) is 8.51.